The van der Waals surface area contributed by atoms with Crippen LogP contribution in [-0.4, -0.2) is 119 Å². The van der Waals surface area contributed by atoms with Crippen LogP contribution in [0.25, 0.3) is 0 Å². The van der Waals surface area contributed by atoms with E-state index in [1.54, 1.807) is 0 Å². The van der Waals surface area contributed by atoms with Crippen LogP contribution in [0.2, 0.25) is 0 Å². The fourth-order valence-electron chi connectivity index (χ4n) is 12.7. The van der Waals surface area contributed by atoms with Crippen LogP contribution >= 0.6 is 27.5 Å². The van der Waals surface area contributed by atoms with Crippen molar-refractivity contribution in [3.63, 3.8) is 0 Å². The van der Waals surface area contributed by atoms with Crippen LogP contribution in [0.1, 0.15) is 189 Å². The zero-order chi connectivity index (χ0) is 52.6. The highest BCUT2D eigenvalue weighted by molar-refractivity contribution is 9.09. The second-order valence-electron chi connectivity index (χ2n) is 21.3. The molecule has 8 aliphatic carbocycles. The lowest BCUT2D eigenvalue weighted by molar-refractivity contribution is -0.161. The molecule has 18 nitrogen and oxygen atoms in total. The monoisotopic (exact) mass is 1130 g/mol. The molecule has 6 bridgehead atoms. The van der Waals surface area contributed by atoms with Crippen molar-refractivity contribution in [3.05, 3.63) is 0 Å². The van der Waals surface area contributed by atoms with Gasteiger partial charge in [0, 0.05) is 22.3 Å². The van der Waals surface area contributed by atoms with Crippen molar-refractivity contribution in [2.75, 3.05) is 39.6 Å². The SMILES string of the molecule is C.C.C.COC(=O)C12CCCC(C(=O)OC)(CC1)C2.COC(=O)C1CCCC(C(=O)OC)C1.ClCCBr.NC12CCCC(N)(CC1)C2.O=C(O)C12CCCC(C(=O)O)(CC1)C2.O=C(O)C1CCCC(C(=O)O)C1. The maximum absolute atomic E-state index is 11.8. The zero-order valence-electron chi connectivity index (χ0n) is 41.7. The molecule has 0 aliphatic heterocycles. The first-order chi connectivity index (χ1) is 32.9. The number of fused-ring (bicyclic) bond motifs is 6. The number of alkyl halides is 2. The van der Waals surface area contributed by atoms with E-state index in [-0.39, 0.29) is 69.1 Å². The smallest absolute Gasteiger partial charge is 0.311 e. The molecule has 0 aromatic carbocycles. The van der Waals surface area contributed by atoms with Crippen molar-refractivity contribution in [1.29, 1.82) is 0 Å². The minimum atomic E-state index is -0.860. The van der Waals surface area contributed by atoms with Crippen molar-refractivity contribution in [2.24, 2.45) is 56.8 Å². The number of hydrogen-bond donors (Lipinski definition) is 6. The molecule has 424 valence electrons. The standard InChI is InChI=1S/C12H18O4.C10H14O4.C10H16O4.C8H16N2.C8H12O4.C2H4BrCl.3CH4/c1-15-9(13)11-4-3-5-12(8-11,7-6-11)10(14)16-2;11-7(12)9-2-1-3-10(6-9,5-4-9)8(13)14;1-13-9(11)7-4-3-5-8(6-7)10(12)14-2;9-7-2-1-3-8(10,6-7)5-4-7;9-7(10)5-2-1-3-6(4-5)8(11)12;3-1-2-4;;;/h3-8H2,1-2H3;1-6H2,(H,11,12)(H,13,14);7-8H,3-6H2,1-2H3;1-6,9-10H2;5-6H,1-4H2,(H,9,10)(H,11,12);1-2H2;3*1H4. The van der Waals surface area contributed by atoms with Gasteiger partial charge in [0.1, 0.15) is 0 Å². The molecule has 0 spiro atoms. The number of esters is 4. The molecule has 8 rings (SSSR count). The molecule has 8 aliphatic rings. The molecule has 0 saturated heterocycles. The Labute approximate surface area is 447 Å². The largest absolute Gasteiger partial charge is 0.481 e. The van der Waals surface area contributed by atoms with E-state index in [2.05, 4.69) is 25.4 Å². The summed E-state index contributed by atoms with van der Waals surface area (Å²) in [6, 6.07) is 0. The summed E-state index contributed by atoms with van der Waals surface area (Å²) in [6.45, 7) is 0. The van der Waals surface area contributed by atoms with Crippen molar-refractivity contribution in [3.8, 4) is 0 Å². The van der Waals surface area contributed by atoms with Gasteiger partial charge in [0.2, 0.25) is 0 Å². The van der Waals surface area contributed by atoms with E-state index >= 15 is 0 Å². The highest BCUT2D eigenvalue weighted by atomic mass is 79.9. The number of carbonyl (C=O) groups is 8. The van der Waals surface area contributed by atoms with E-state index < -0.39 is 57.4 Å². The highest BCUT2D eigenvalue weighted by Crippen LogP contribution is 2.60. The number of methoxy groups -OCH3 is 4. The third-order valence-corrected chi connectivity index (χ3v) is 17.7. The third-order valence-electron chi connectivity index (χ3n) is 16.6. The normalized spacial score (nSPS) is 33.6. The predicted molar refractivity (Wildman–Crippen MR) is 281 cm³/mol. The summed E-state index contributed by atoms with van der Waals surface area (Å²) in [7, 11) is 5.60. The van der Waals surface area contributed by atoms with Gasteiger partial charge in [-0.25, -0.2) is 0 Å². The van der Waals surface area contributed by atoms with Crippen LogP contribution in [0.3, 0.4) is 0 Å². The molecule has 0 heterocycles. The van der Waals surface area contributed by atoms with E-state index in [1.165, 1.54) is 47.7 Å². The predicted octanol–water partition coefficient (Wildman–Crippen LogP) is 9.55. The fourth-order valence-corrected chi connectivity index (χ4v) is 12.7. The molecule has 8 N–H and O–H groups in total. The summed E-state index contributed by atoms with van der Waals surface area (Å²) >= 11 is 8.26. The summed E-state index contributed by atoms with van der Waals surface area (Å²) in [4.78, 5) is 89.4. The van der Waals surface area contributed by atoms with E-state index in [9.17, 15) is 38.4 Å². The van der Waals surface area contributed by atoms with Crippen LogP contribution < -0.4 is 11.5 Å². The van der Waals surface area contributed by atoms with Crippen LogP contribution in [-0.2, 0) is 57.3 Å². The van der Waals surface area contributed by atoms with E-state index in [0.717, 1.165) is 82.4 Å². The Morgan fingerprint density at radius 2 is 0.767 bits per heavy atom. The molecule has 0 amide bonds. The molecule has 8 fully saturated rings. The van der Waals surface area contributed by atoms with Gasteiger partial charge in [-0.05, 0) is 141 Å². The lowest BCUT2D eigenvalue weighted by Crippen LogP contribution is -2.47. The number of carboxylic acids is 4. The first kappa shape index (κ1) is 69.5. The maximum Gasteiger partial charge on any atom is 0.311 e. The van der Waals surface area contributed by atoms with E-state index in [0.29, 0.717) is 76.5 Å². The molecule has 0 aromatic rings. The molecule has 20 heteroatoms. The summed E-state index contributed by atoms with van der Waals surface area (Å²) in [5.41, 5.74) is 10.2. The Hall–Kier alpha value is -3.55. The first-order valence-electron chi connectivity index (χ1n) is 24.9. The number of nitrogens with two attached hydrogens (primary N) is 2. The molecule has 10 atom stereocenters. The Balaban J connectivity index is 0.000000867. The lowest BCUT2D eigenvalue weighted by Gasteiger charge is -2.35. The van der Waals surface area contributed by atoms with Gasteiger partial charge in [0.15, 0.2) is 0 Å². The zero-order valence-corrected chi connectivity index (χ0v) is 44.0. The second-order valence-corrected chi connectivity index (χ2v) is 22.4. The lowest BCUT2D eigenvalue weighted by atomic mass is 9.69. The number of aliphatic carboxylic acids is 4. The van der Waals surface area contributed by atoms with Gasteiger partial charge in [-0.3, -0.25) is 38.4 Å². The van der Waals surface area contributed by atoms with Crippen molar-refractivity contribution >= 4 is 75.3 Å². The maximum atomic E-state index is 11.8. The number of halogens is 2. The fraction of sp³-hybridized carbons (Fsp3) is 0.849. The molecular formula is C53H92BrClN2O16. The number of hydrogen-bond acceptors (Lipinski definition) is 14. The van der Waals surface area contributed by atoms with Gasteiger partial charge >= 0.3 is 47.8 Å². The number of carboxylic acid groups (broad SMARTS) is 4. The van der Waals surface area contributed by atoms with Crippen LogP contribution in [0.4, 0.5) is 0 Å². The Morgan fingerprint density at radius 3 is 1.07 bits per heavy atom. The van der Waals surface area contributed by atoms with Crippen LogP contribution in [0.15, 0.2) is 0 Å². The summed E-state index contributed by atoms with van der Waals surface area (Å²) in [5.74, 6) is -4.49. The minimum absolute atomic E-state index is 0. The third kappa shape index (κ3) is 18.3. The molecule has 73 heavy (non-hydrogen) atoms. The van der Waals surface area contributed by atoms with E-state index in [4.69, 9.17) is 53.0 Å². The summed E-state index contributed by atoms with van der Waals surface area (Å²) in [6.07, 6.45) is 20.6. The average molecular weight is 1130 g/mol. The average Bonchev–Trinajstić information content (AvgIpc) is 3.90. The second kappa shape index (κ2) is 30.9. The van der Waals surface area contributed by atoms with Crippen LogP contribution in [0.5, 0.6) is 0 Å². The number of rotatable bonds is 9. The van der Waals surface area contributed by atoms with E-state index in [1.807, 2.05) is 0 Å². The molecule has 8 saturated carbocycles. The van der Waals surface area contributed by atoms with Gasteiger partial charge in [0.25, 0.3) is 0 Å². The molecule has 0 radical (unpaired) electrons. The van der Waals surface area contributed by atoms with Gasteiger partial charge in [0.05, 0.1) is 73.8 Å². The quantitative estimate of drug-likeness (QED) is 0.0711. The highest BCUT2D eigenvalue weighted by Gasteiger charge is 2.60. The number of carbonyl (C=O) groups excluding carboxylic acids is 4. The van der Waals surface area contributed by atoms with Crippen molar-refractivity contribution in [2.45, 2.75) is 200 Å². The Kier molecular flexibility index (Phi) is 29.4. The Morgan fingerprint density at radius 1 is 0.466 bits per heavy atom. The van der Waals surface area contributed by atoms with Crippen LogP contribution in [0, 0.1) is 45.3 Å². The number of ether oxygens (including phenoxy) is 4. The molecule has 10 unspecified atom stereocenters. The molecule has 0 aromatic heterocycles. The van der Waals surface area contributed by atoms with Crippen molar-refractivity contribution in [1.82, 2.24) is 0 Å². The van der Waals surface area contributed by atoms with Gasteiger partial charge in [-0.2, -0.15) is 0 Å². The minimum Gasteiger partial charge on any atom is -0.481 e. The van der Waals surface area contributed by atoms with Crippen molar-refractivity contribution < 1.29 is 77.7 Å². The topological polar surface area (TPSA) is 306 Å². The van der Waals surface area contributed by atoms with Gasteiger partial charge < -0.3 is 50.8 Å². The first-order valence-corrected chi connectivity index (χ1v) is 26.5. The summed E-state index contributed by atoms with van der Waals surface area (Å²) in [5, 5.41) is 36.4. The van der Waals surface area contributed by atoms with Gasteiger partial charge in [-0.1, -0.05) is 63.9 Å². The summed E-state index contributed by atoms with van der Waals surface area (Å²) < 4.78 is 19.1. The Bertz CT molecular complexity index is 1720. The van der Waals surface area contributed by atoms with Gasteiger partial charge in [-0.15, -0.1) is 11.6 Å². The molecular weight excluding hydrogens is 1040 g/mol.